The molecule has 0 aliphatic rings. The lowest BCUT2D eigenvalue weighted by molar-refractivity contribution is -0.0279. The number of rotatable bonds is 31. The minimum absolute atomic E-state index is 0.0342. The Morgan fingerprint density at radius 2 is 0.881 bits per heavy atom. The fraction of sp³-hybridized carbons (Fsp3) is 1.00. The summed E-state index contributed by atoms with van der Waals surface area (Å²) in [5.74, 6) is -0.780. The summed E-state index contributed by atoms with van der Waals surface area (Å²) >= 11 is 0. The highest BCUT2D eigenvalue weighted by Gasteiger charge is 2.17. The highest BCUT2D eigenvalue weighted by atomic mass is 32.2. The van der Waals surface area contributed by atoms with E-state index in [-0.39, 0.29) is 52.6 Å². The van der Waals surface area contributed by atoms with Crippen LogP contribution in [0.4, 0.5) is 0 Å². The number of nitrogens with zero attached hydrogens (tertiary/aromatic N) is 2. The Hall–Kier alpha value is -0.420. The summed E-state index contributed by atoms with van der Waals surface area (Å²) in [6.45, 7) is 6.72. The molecule has 0 saturated heterocycles. The lowest BCUT2D eigenvalue weighted by Gasteiger charge is -2.25. The van der Waals surface area contributed by atoms with Gasteiger partial charge in [-0.1, -0.05) is 78.1 Å². The Balaban J connectivity index is 4.33. The van der Waals surface area contributed by atoms with Crippen LogP contribution in [0.5, 0.6) is 0 Å². The second-order valence-electron chi connectivity index (χ2n) is 11.2. The number of aliphatic hydroxyl groups is 2. The van der Waals surface area contributed by atoms with Crippen molar-refractivity contribution in [1.29, 1.82) is 0 Å². The second kappa shape index (κ2) is 25.9. The number of hydrogen-bond acceptors (Lipinski definition) is 10. The third-order valence-corrected chi connectivity index (χ3v) is 8.31. The lowest BCUT2D eigenvalue weighted by atomic mass is 10.1. The van der Waals surface area contributed by atoms with Gasteiger partial charge >= 0.3 is 0 Å². The van der Waals surface area contributed by atoms with Crippen molar-refractivity contribution < 1.29 is 45.6 Å². The van der Waals surface area contributed by atoms with Gasteiger partial charge in [0.15, 0.2) is 0 Å². The first kappa shape index (κ1) is 41.6. The minimum Gasteiger partial charge on any atom is -0.389 e. The zero-order valence-corrected chi connectivity index (χ0v) is 27.7. The molecule has 2 unspecified atom stereocenters. The van der Waals surface area contributed by atoms with Crippen LogP contribution in [-0.4, -0.2) is 135 Å². The number of aliphatic hydroxyl groups excluding tert-OH is 2. The summed E-state index contributed by atoms with van der Waals surface area (Å²) in [5.41, 5.74) is 0. The average molecular weight is 649 g/mol. The maximum Gasteiger partial charge on any atom is 0.266 e. The van der Waals surface area contributed by atoms with E-state index >= 15 is 0 Å². The molecule has 0 aromatic carbocycles. The first-order chi connectivity index (χ1) is 19.9. The van der Waals surface area contributed by atoms with Gasteiger partial charge in [0, 0.05) is 26.2 Å². The van der Waals surface area contributed by atoms with E-state index in [1.54, 1.807) is 0 Å². The van der Waals surface area contributed by atoms with Gasteiger partial charge in [0.05, 0.1) is 50.1 Å². The quantitative estimate of drug-likeness (QED) is 0.0640. The lowest BCUT2D eigenvalue weighted by Crippen LogP contribution is -2.39. The Morgan fingerprint density at radius 1 is 0.548 bits per heavy atom. The van der Waals surface area contributed by atoms with E-state index in [4.69, 9.17) is 18.6 Å². The molecule has 0 aliphatic carbocycles. The topological polar surface area (TPSA) is 174 Å². The van der Waals surface area contributed by atoms with Crippen LogP contribution in [0, 0.1) is 0 Å². The molecule has 0 aliphatic heterocycles. The predicted molar refractivity (Wildman–Crippen MR) is 166 cm³/mol. The summed E-state index contributed by atoms with van der Waals surface area (Å²) in [6, 6.07) is 0. The first-order valence-electron chi connectivity index (χ1n) is 15.7. The van der Waals surface area contributed by atoms with Gasteiger partial charge in [-0.25, -0.2) is 0 Å². The molecular weight excluding hydrogens is 588 g/mol. The normalized spacial score (nSPS) is 14.2. The highest BCUT2D eigenvalue weighted by molar-refractivity contribution is 7.86. The van der Waals surface area contributed by atoms with Gasteiger partial charge in [-0.3, -0.25) is 18.9 Å². The van der Waals surface area contributed by atoms with Gasteiger partial charge in [0.25, 0.3) is 20.2 Å². The monoisotopic (exact) mass is 648 g/mol. The van der Waals surface area contributed by atoms with E-state index in [1.165, 1.54) is 25.7 Å². The van der Waals surface area contributed by atoms with Gasteiger partial charge in [0.2, 0.25) is 0 Å². The summed E-state index contributed by atoms with van der Waals surface area (Å²) in [4.78, 5) is 3.65. The number of unbranched alkanes of at least 4 members (excludes halogenated alkanes) is 10. The summed E-state index contributed by atoms with van der Waals surface area (Å²) in [5, 5.41) is 20.8. The molecule has 42 heavy (non-hydrogen) atoms. The molecule has 12 nitrogen and oxygen atoms in total. The molecule has 0 bridgehead atoms. The van der Waals surface area contributed by atoms with E-state index in [1.807, 2.05) is 9.80 Å². The van der Waals surface area contributed by atoms with E-state index in [0.29, 0.717) is 13.1 Å². The molecule has 0 spiro atoms. The van der Waals surface area contributed by atoms with Crippen molar-refractivity contribution in [3.63, 3.8) is 0 Å². The molecule has 2 atom stereocenters. The molecule has 0 rings (SSSR count). The first-order valence-corrected chi connectivity index (χ1v) is 18.9. The number of hydrogen-bond donors (Lipinski definition) is 4. The molecule has 0 fully saturated rings. The van der Waals surface area contributed by atoms with Crippen molar-refractivity contribution in [3.05, 3.63) is 0 Å². The Morgan fingerprint density at radius 3 is 1.21 bits per heavy atom. The Labute approximate surface area is 255 Å². The van der Waals surface area contributed by atoms with Crippen molar-refractivity contribution in [3.8, 4) is 0 Å². The van der Waals surface area contributed by atoms with Gasteiger partial charge < -0.3 is 19.7 Å². The summed E-state index contributed by atoms with van der Waals surface area (Å²) in [7, 11) is -8.18. The zero-order valence-electron chi connectivity index (χ0n) is 26.1. The standard InChI is InChI=1S/C28H60N2O10S2/c1-3-5-7-9-11-13-15-29(17-21-41(33,34)35)23-27(31)25-39-19-20-40-26-28(32)24-30(18-22-42(36,37)38)16-14-12-10-8-6-4-2/h27-28,31-32H,3-26H2,1-2H3,(H,33,34,35)(H,36,37,38). The smallest absolute Gasteiger partial charge is 0.266 e. The van der Waals surface area contributed by atoms with Crippen LogP contribution in [0.15, 0.2) is 0 Å². The highest BCUT2D eigenvalue weighted by Crippen LogP contribution is 2.08. The molecule has 0 saturated carbocycles. The van der Waals surface area contributed by atoms with E-state index < -0.39 is 43.9 Å². The van der Waals surface area contributed by atoms with Crippen LogP contribution in [0.1, 0.15) is 90.9 Å². The van der Waals surface area contributed by atoms with Crippen molar-refractivity contribution >= 4 is 20.2 Å². The van der Waals surface area contributed by atoms with Crippen molar-refractivity contribution in [2.75, 3.05) is 77.2 Å². The average Bonchev–Trinajstić information content (AvgIpc) is 2.90. The van der Waals surface area contributed by atoms with E-state index in [0.717, 1.165) is 51.4 Å². The van der Waals surface area contributed by atoms with Crippen LogP contribution >= 0.6 is 0 Å². The molecule has 0 aromatic heterocycles. The summed E-state index contributed by atoms with van der Waals surface area (Å²) in [6.07, 6.45) is 11.4. The van der Waals surface area contributed by atoms with Gasteiger partial charge in [0.1, 0.15) is 0 Å². The Bertz CT molecular complexity index is 763. The fourth-order valence-electron chi connectivity index (χ4n) is 4.57. The second-order valence-corrected chi connectivity index (χ2v) is 14.3. The maximum atomic E-state index is 11.2. The molecule has 4 N–H and O–H groups in total. The molecule has 0 aromatic rings. The molecular formula is C28H60N2O10S2. The fourth-order valence-corrected chi connectivity index (χ4v) is 5.55. The molecule has 0 heterocycles. The number of ether oxygens (including phenoxy) is 2. The van der Waals surface area contributed by atoms with Crippen LogP contribution in [-0.2, 0) is 29.7 Å². The van der Waals surface area contributed by atoms with Gasteiger partial charge in [-0.2, -0.15) is 16.8 Å². The van der Waals surface area contributed by atoms with Crippen molar-refractivity contribution in [2.45, 2.75) is 103 Å². The van der Waals surface area contributed by atoms with E-state index in [9.17, 15) is 27.0 Å². The molecule has 14 heteroatoms. The van der Waals surface area contributed by atoms with Crippen LogP contribution in [0.2, 0.25) is 0 Å². The molecule has 254 valence electrons. The molecule has 0 radical (unpaired) electrons. The Kier molecular flexibility index (Phi) is 25.6. The van der Waals surface area contributed by atoms with Gasteiger partial charge in [-0.15, -0.1) is 0 Å². The summed E-state index contributed by atoms with van der Waals surface area (Å²) < 4.78 is 73.9. The van der Waals surface area contributed by atoms with Crippen LogP contribution in [0.25, 0.3) is 0 Å². The zero-order chi connectivity index (χ0) is 31.7. The third-order valence-electron chi connectivity index (χ3n) is 6.92. The largest absolute Gasteiger partial charge is 0.389 e. The van der Waals surface area contributed by atoms with Crippen molar-refractivity contribution in [1.82, 2.24) is 9.80 Å². The van der Waals surface area contributed by atoms with Crippen molar-refractivity contribution in [2.24, 2.45) is 0 Å². The van der Waals surface area contributed by atoms with Crippen LogP contribution in [0.3, 0.4) is 0 Å². The predicted octanol–water partition coefficient (Wildman–Crippen LogP) is 2.84. The minimum atomic E-state index is -4.09. The van der Waals surface area contributed by atoms with Crippen LogP contribution < -0.4 is 0 Å². The molecule has 0 amide bonds. The SMILES string of the molecule is CCCCCCCCN(CCS(=O)(=O)O)CC(O)COCCOCC(O)CN(CCCCCCCC)CCS(=O)(=O)O. The van der Waals surface area contributed by atoms with E-state index in [2.05, 4.69) is 13.8 Å². The van der Waals surface area contributed by atoms with Gasteiger partial charge in [-0.05, 0) is 25.9 Å². The maximum absolute atomic E-state index is 11.2. The third kappa shape index (κ3) is 29.6.